The number of nitrogens with one attached hydrogen (secondary N) is 1. The van der Waals surface area contributed by atoms with Gasteiger partial charge in [-0.05, 0) is 39.0 Å². The summed E-state index contributed by atoms with van der Waals surface area (Å²) in [6, 6.07) is -2.67. The van der Waals surface area contributed by atoms with Gasteiger partial charge in [0.2, 0.25) is 5.91 Å². The first-order chi connectivity index (χ1) is 11.3. The molecule has 2 amide bonds. The molecule has 0 aromatic heterocycles. The standard InChI is InChI=1S/C15H28N4O5/c1-9(20)12(17)13(21)18-10(5-2-3-7-16)14(22)19-8-4-6-11(19)15(23)24/h9-12,20H,2-8,16-17H2,1H3,(H,18,21)(H,23,24)/p+1/t9-,10+,11+,12+/m1/s1. The zero-order valence-corrected chi connectivity index (χ0v) is 14.2. The van der Waals surface area contributed by atoms with Crippen LogP contribution in [0.15, 0.2) is 0 Å². The number of nitrogens with zero attached hydrogens (tertiary/aromatic N) is 1. The van der Waals surface area contributed by atoms with Crippen LogP contribution in [0.1, 0.15) is 39.0 Å². The third kappa shape index (κ3) is 5.43. The van der Waals surface area contributed by atoms with Gasteiger partial charge in [0.1, 0.15) is 12.1 Å². The average molecular weight is 345 g/mol. The maximum Gasteiger partial charge on any atom is 0.281 e. The van der Waals surface area contributed by atoms with Crippen molar-refractivity contribution in [3.05, 3.63) is 0 Å². The molecule has 4 atom stereocenters. The molecule has 0 bridgehead atoms. The number of quaternary nitrogens is 2. The number of unbranched alkanes of at least 4 members (excludes halogenated alkanes) is 1. The molecule has 8 N–H and O–H groups in total. The van der Waals surface area contributed by atoms with Gasteiger partial charge in [0.15, 0.2) is 6.04 Å². The van der Waals surface area contributed by atoms with Crippen LogP contribution >= 0.6 is 0 Å². The van der Waals surface area contributed by atoms with Gasteiger partial charge in [-0.2, -0.15) is 0 Å². The van der Waals surface area contributed by atoms with Gasteiger partial charge in [-0.25, -0.2) is 0 Å². The van der Waals surface area contributed by atoms with Gasteiger partial charge in [0.25, 0.3) is 5.91 Å². The monoisotopic (exact) mass is 345 g/mol. The van der Waals surface area contributed by atoms with Gasteiger partial charge >= 0.3 is 0 Å². The van der Waals surface area contributed by atoms with Crippen LogP contribution in [0.3, 0.4) is 0 Å². The van der Waals surface area contributed by atoms with Crippen molar-refractivity contribution in [1.29, 1.82) is 0 Å². The summed E-state index contributed by atoms with van der Waals surface area (Å²) in [6.07, 6.45) is 1.88. The zero-order valence-electron chi connectivity index (χ0n) is 14.2. The minimum absolute atomic E-state index is 0.337. The molecule has 0 radical (unpaired) electrons. The number of aliphatic hydroxyl groups is 1. The van der Waals surface area contributed by atoms with E-state index in [4.69, 9.17) is 0 Å². The van der Waals surface area contributed by atoms with Gasteiger partial charge in [-0.1, -0.05) is 0 Å². The van der Waals surface area contributed by atoms with Crippen LogP contribution in [-0.2, 0) is 14.4 Å². The molecule has 24 heavy (non-hydrogen) atoms. The SMILES string of the molecule is C[C@@H](O)[C@H]([NH3+])C(=O)N[C@@H](CCCC[NH3+])C(=O)N1CCC[C@H]1C(=O)[O-]. The van der Waals surface area contributed by atoms with Crippen molar-refractivity contribution in [3.63, 3.8) is 0 Å². The Hall–Kier alpha value is -1.71. The van der Waals surface area contributed by atoms with E-state index in [1.807, 2.05) is 0 Å². The van der Waals surface area contributed by atoms with Crippen molar-refractivity contribution in [2.45, 2.75) is 63.3 Å². The number of hydrogen-bond acceptors (Lipinski definition) is 5. The smallest absolute Gasteiger partial charge is 0.281 e. The first-order valence-corrected chi connectivity index (χ1v) is 8.41. The summed E-state index contributed by atoms with van der Waals surface area (Å²) in [7, 11) is 0. The van der Waals surface area contributed by atoms with Crippen molar-refractivity contribution < 1.29 is 36.1 Å². The third-order valence-corrected chi connectivity index (χ3v) is 4.33. The number of carbonyl (C=O) groups excluding carboxylic acids is 3. The maximum absolute atomic E-state index is 12.7. The second-order valence-corrected chi connectivity index (χ2v) is 6.27. The molecule has 0 aromatic carbocycles. The van der Waals surface area contributed by atoms with Gasteiger partial charge < -0.3 is 36.7 Å². The molecule has 9 nitrogen and oxygen atoms in total. The Kier molecular flexibility index (Phi) is 8.09. The fourth-order valence-corrected chi connectivity index (χ4v) is 2.76. The van der Waals surface area contributed by atoms with E-state index < -0.39 is 42.0 Å². The molecule has 1 aliphatic heterocycles. The van der Waals surface area contributed by atoms with Gasteiger partial charge in [-0.15, -0.1) is 0 Å². The molecule has 1 rings (SSSR count). The lowest BCUT2D eigenvalue weighted by molar-refractivity contribution is -0.419. The molecular formula is C15H29N4O5+. The normalized spacial score (nSPS) is 21.2. The molecule has 0 saturated carbocycles. The molecule has 1 fully saturated rings. The number of carboxylic acid groups (broad SMARTS) is 1. The highest BCUT2D eigenvalue weighted by Crippen LogP contribution is 2.19. The molecular weight excluding hydrogens is 316 g/mol. The summed E-state index contributed by atoms with van der Waals surface area (Å²) in [6.45, 7) is 2.50. The predicted molar refractivity (Wildman–Crippen MR) is 81.6 cm³/mol. The molecule has 0 unspecified atom stereocenters. The minimum Gasteiger partial charge on any atom is -0.548 e. The van der Waals surface area contributed by atoms with E-state index in [2.05, 4.69) is 16.8 Å². The average Bonchev–Trinajstić information content (AvgIpc) is 3.02. The van der Waals surface area contributed by atoms with Gasteiger partial charge in [-0.3, -0.25) is 9.59 Å². The largest absolute Gasteiger partial charge is 0.548 e. The molecule has 9 heteroatoms. The van der Waals surface area contributed by atoms with Crippen molar-refractivity contribution in [3.8, 4) is 0 Å². The van der Waals surface area contributed by atoms with Crippen LogP contribution in [-0.4, -0.2) is 65.1 Å². The number of carboxylic acids is 1. The highest BCUT2D eigenvalue weighted by atomic mass is 16.4. The number of amides is 2. The van der Waals surface area contributed by atoms with Crippen molar-refractivity contribution in [1.82, 2.24) is 10.2 Å². The summed E-state index contributed by atoms with van der Waals surface area (Å²) < 4.78 is 0. The number of aliphatic carboxylic acids is 1. The van der Waals surface area contributed by atoms with Crippen LogP contribution in [0.5, 0.6) is 0 Å². The van der Waals surface area contributed by atoms with E-state index in [1.165, 1.54) is 11.8 Å². The highest BCUT2D eigenvalue weighted by molar-refractivity contribution is 5.91. The first-order valence-electron chi connectivity index (χ1n) is 8.41. The fraction of sp³-hybridized carbons (Fsp3) is 0.800. The predicted octanol–water partition coefficient (Wildman–Crippen LogP) is -4.38. The molecule has 1 heterocycles. The van der Waals surface area contributed by atoms with Crippen LogP contribution in [0.25, 0.3) is 0 Å². The third-order valence-electron chi connectivity index (χ3n) is 4.33. The highest BCUT2D eigenvalue weighted by Gasteiger charge is 2.35. The Morgan fingerprint density at radius 2 is 2.04 bits per heavy atom. The van der Waals surface area contributed by atoms with E-state index in [1.54, 1.807) is 0 Å². The number of carbonyl (C=O) groups is 3. The second-order valence-electron chi connectivity index (χ2n) is 6.27. The first kappa shape index (κ1) is 20.3. The number of rotatable bonds is 9. The number of aliphatic hydroxyl groups excluding tert-OH is 1. The summed E-state index contributed by atoms with van der Waals surface area (Å²) in [5, 5.41) is 23.3. The van der Waals surface area contributed by atoms with Crippen molar-refractivity contribution >= 4 is 17.8 Å². The molecule has 0 spiro atoms. The molecule has 1 aliphatic rings. The lowest BCUT2D eigenvalue weighted by atomic mass is 10.1. The Morgan fingerprint density at radius 3 is 2.58 bits per heavy atom. The minimum atomic E-state index is -1.28. The van der Waals surface area contributed by atoms with Crippen LogP contribution < -0.4 is 21.9 Å². The Bertz CT molecular complexity index is 457. The topological polar surface area (TPSA) is 165 Å². The van der Waals surface area contributed by atoms with Crippen molar-refractivity contribution in [2.75, 3.05) is 13.1 Å². The van der Waals surface area contributed by atoms with Crippen LogP contribution in [0, 0.1) is 0 Å². The Labute approximate surface area is 141 Å². The Balaban J connectivity index is 2.81. The summed E-state index contributed by atoms with van der Waals surface area (Å²) in [5.74, 6) is -2.22. The van der Waals surface area contributed by atoms with E-state index >= 15 is 0 Å². The summed E-state index contributed by atoms with van der Waals surface area (Å²) in [4.78, 5) is 37.3. The van der Waals surface area contributed by atoms with E-state index in [0.717, 1.165) is 6.42 Å². The maximum atomic E-state index is 12.7. The van der Waals surface area contributed by atoms with Crippen LogP contribution in [0.4, 0.5) is 0 Å². The zero-order chi connectivity index (χ0) is 18.3. The van der Waals surface area contributed by atoms with E-state index in [-0.39, 0.29) is 0 Å². The second kappa shape index (κ2) is 9.55. The number of likely N-dealkylation sites (tertiary alicyclic amines) is 1. The molecule has 138 valence electrons. The molecule has 1 saturated heterocycles. The molecule has 0 aliphatic carbocycles. The van der Waals surface area contributed by atoms with Crippen molar-refractivity contribution in [2.24, 2.45) is 0 Å². The van der Waals surface area contributed by atoms with E-state index in [9.17, 15) is 24.6 Å². The van der Waals surface area contributed by atoms with Gasteiger partial charge in [0.05, 0.1) is 18.6 Å². The van der Waals surface area contributed by atoms with Gasteiger partial charge in [0, 0.05) is 6.54 Å². The fourth-order valence-electron chi connectivity index (χ4n) is 2.76. The van der Waals surface area contributed by atoms with E-state index in [0.29, 0.717) is 38.8 Å². The number of hydrogen-bond donors (Lipinski definition) is 4. The summed E-state index contributed by atoms with van der Waals surface area (Å²) in [5.41, 5.74) is 7.33. The lowest BCUT2D eigenvalue weighted by Crippen LogP contribution is -2.73. The molecule has 0 aromatic rings. The van der Waals surface area contributed by atoms with Crippen LogP contribution in [0.2, 0.25) is 0 Å². The Morgan fingerprint density at radius 1 is 1.38 bits per heavy atom. The lowest BCUT2D eigenvalue weighted by Gasteiger charge is -2.30. The quantitative estimate of drug-likeness (QED) is 0.309. The summed E-state index contributed by atoms with van der Waals surface area (Å²) >= 11 is 0.